The van der Waals surface area contributed by atoms with Crippen molar-refractivity contribution < 1.29 is 4.79 Å². The first kappa shape index (κ1) is 15.7. The van der Waals surface area contributed by atoms with Crippen molar-refractivity contribution in [3.8, 4) is 0 Å². The van der Waals surface area contributed by atoms with Crippen LogP contribution in [0.2, 0.25) is 0 Å². The fourth-order valence-corrected chi connectivity index (χ4v) is 3.21. The average molecular weight is 339 g/mol. The maximum atomic E-state index is 11.9. The van der Waals surface area contributed by atoms with E-state index in [0.29, 0.717) is 12.8 Å². The summed E-state index contributed by atoms with van der Waals surface area (Å²) < 4.78 is 3.82. The molecule has 1 aliphatic rings. The van der Waals surface area contributed by atoms with Gasteiger partial charge in [-0.2, -0.15) is 5.10 Å². The van der Waals surface area contributed by atoms with Crippen molar-refractivity contribution in [1.82, 2.24) is 29.1 Å². The Morgan fingerprint density at radius 1 is 1.20 bits per heavy atom. The Hall–Kier alpha value is -2.77. The van der Waals surface area contributed by atoms with Crippen LogP contribution in [0, 0.1) is 13.8 Å². The van der Waals surface area contributed by atoms with Crippen molar-refractivity contribution in [3.05, 3.63) is 35.4 Å². The molecule has 4 rings (SSSR count). The van der Waals surface area contributed by atoms with Gasteiger partial charge >= 0.3 is 0 Å². The number of hydrogen-bond donors (Lipinski definition) is 0. The Labute approximate surface area is 145 Å². The highest BCUT2D eigenvalue weighted by molar-refractivity contribution is 5.94. The number of hydrogen-bond acceptors (Lipinski definition) is 5. The standard InChI is InChI=1S/C17H21N7O/c1-11-9-18-12(2)17-19-13(21-24(11)17)6-7-14-20-15(10-22(14)3)23-8-4-5-16(23)25/h9-10H,4-8H2,1-3H3. The van der Waals surface area contributed by atoms with Gasteiger partial charge in [0, 0.05) is 45.2 Å². The molecular formula is C17H21N7O. The van der Waals surface area contributed by atoms with Crippen LogP contribution in [0.5, 0.6) is 0 Å². The third-order valence-electron chi connectivity index (χ3n) is 4.64. The minimum Gasteiger partial charge on any atom is -0.336 e. The third-order valence-corrected chi connectivity index (χ3v) is 4.64. The average Bonchev–Trinajstić information content (AvgIpc) is 3.28. The lowest BCUT2D eigenvalue weighted by atomic mass is 10.3. The normalized spacial score (nSPS) is 14.8. The second-order valence-corrected chi connectivity index (χ2v) is 6.52. The van der Waals surface area contributed by atoms with Gasteiger partial charge in [0.05, 0.1) is 11.4 Å². The van der Waals surface area contributed by atoms with Crippen molar-refractivity contribution >= 4 is 17.4 Å². The molecule has 0 saturated carbocycles. The monoisotopic (exact) mass is 339 g/mol. The highest BCUT2D eigenvalue weighted by Gasteiger charge is 2.24. The van der Waals surface area contributed by atoms with E-state index < -0.39 is 0 Å². The summed E-state index contributed by atoms with van der Waals surface area (Å²) >= 11 is 0. The molecule has 25 heavy (non-hydrogen) atoms. The summed E-state index contributed by atoms with van der Waals surface area (Å²) in [6, 6.07) is 0. The Morgan fingerprint density at radius 3 is 2.76 bits per heavy atom. The van der Waals surface area contributed by atoms with Crippen molar-refractivity contribution in [3.63, 3.8) is 0 Å². The van der Waals surface area contributed by atoms with Gasteiger partial charge in [-0.1, -0.05) is 0 Å². The summed E-state index contributed by atoms with van der Waals surface area (Å²) in [5, 5.41) is 4.58. The van der Waals surface area contributed by atoms with Gasteiger partial charge < -0.3 is 4.57 Å². The van der Waals surface area contributed by atoms with E-state index in [-0.39, 0.29) is 5.91 Å². The van der Waals surface area contributed by atoms with Crippen LogP contribution in [0.25, 0.3) is 5.65 Å². The predicted molar refractivity (Wildman–Crippen MR) is 92.5 cm³/mol. The molecule has 130 valence electrons. The van der Waals surface area contributed by atoms with Gasteiger partial charge in [-0.3, -0.25) is 14.7 Å². The number of fused-ring (bicyclic) bond motifs is 1. The van der Waals surface area contributed by atoms with Gasteiger partial charge in [0.15, 0.2) is 17.3 Å². The molecule has 0 aromatic carbocycles. The zero-order valence-corrected chi connectivity index (χ0v) is 14.7. The summed E-state index contributed by atoms with van der Waals surface area (Å²) in [7, 11) is 1.96. The first-order valence-corrected chi connectivity index (χ1v) is 8.53. The number of carbonyl (C=O) groups excluding carboxylic acids is 1. The molecular weight excluding hydrogens is 318 g/mol. The van der Waals surface area contributed by atoms with E-state index in [2.05, 4.69) is 20.1 Å². The molecule has 1 fully saturated rings. The van der Waals surface area contributed by atoms with Gasteiger partial charge in [0.1, 0.15) is 5.82 Å². The number of carbonyl (C=O) groups is 1. The maximum Gasteiger partial charge on any atom is 0.228 e. The van der Waals surface area contributed by atoms with Gasteiger partial charge in [0.25, 0.3) is 0 Å². The fourth-order valence-electron chi connectivity index (χ4n) is 3.21. The SMILES string of the molecule is Cc1ncc(C)n2nc(CCc3nc(N4CCCC4=O)cn3C)nc12. The molecule has 1 saturated heterocycles. The van der Waals surface area contributed by atoms with Gasteiger partial charge in [-0.25, -0.2) is 14.5 Å². The maximum absolute atomic E-state index is 11.9. The zero-order valence-electron chi connectivity index (χ0n) is 14.7. The van der Waals surface area contributed by atoms with Crippen LogP contribution in [0.1, 0.15) is 35.9 Å². The number of aryl methyl sites for hydroxylation is 5. The molecule has 0 aliphatic carbocycles. The molecule has 1 amide bonds. The fraction of sp³-hybridized carbons (Fsp3) is 0.471. The summed E-state index contributed by atoms with van der Waals surface area (Å²) in [5.41, 5.74) is 2.64. The van der Waals surface area contributed by atoms with E-state index in [9.17, 15) is 4.79 Å². The molecule has 0 bridgehead atoms. The molecule has 0 N–H and O–H groups in total. The van der Waals surface area contributed by atoms with Crippen LogP contribution >= 0.6 is 0 Å². The van der Waals surface area contributed by atoms with Crippen LogP contribution in [0.4, 0.5) is 5.82 Å². The Kier molecular flexibility index (Phi) is 3.74. The highest BCUT2D eigenvalue weighted by atomic mass is 16.2. The summed E-state index contributed by atoms with van der Waals surface area (Å²) in [4.78, 5) is 27.2. The first-order chi connectivity index (χ1) is 12.0. The topological polar surface area (TPSA) is 81.2 Å². The lowest BCUT2D eigenvalue weighted by Crippen LogP contribution is -2.23. The molecule has 3 aromatic rings. The number of imidazole rings is 1. The number of anilines is 1. The van der Waals surface area contributed by atoms with Crippen LogP contribution in [-0.4, -0.2) is 41.6 Å². The molecule has 1 aliphatic heterocycles. The van der Waals surface area contributed by atoms with E-state index >= 15 is 0 Å². The van der Waals surface area contributed by atoms with Crippen molar-refractivity contribution in [2.75, 3.05) is 11.4 Å². The second-order valence-electron chi connectivity index (χ2n) is 6.52. The number of rotatable bonds is 4. The van der Waals surface area contributed by atoms with Crippen LogP contribution < -0.4 is 4.90 Å². The smallest absolute Gasteiger partial charge is 0.228 e. The molecule has 0 spiro atoms. The van der Waals surface area contributed by atoms with Crippen molar-refractivity contribution in [1.29, 1.82) is 0 Å². The summed E-state index contributed by atoms with van der Waals surface area (Å²) in [5.74, 6) is 2.62. The molecule has 0 radical (unpaired) electrons. The summed E-state index contributed by atoms with van der Waals surface area (Å²) in [6.45, 7) is 4.66. The third kappa shape index (κ3) is 2.77. The highest BCUT2D eigenvalue weighted by Crippen LogP contribution is 2.20. The number of aromatic nitrogens is 6. The number of amides is 1. The minimum atomic E-state index is 0.158. The molecule has 0 atom stereocenters. The molecule has 4 heterocycles. The summed E-state index contributed by atoms with van der Waals surface area (Å²) in [6.07, 6.45) is 6.67. The van der Waals surface area contributed by atoms with Crippen molar-refractivity contribution in [2.24, 2.45) is 7.05 Å². The van der Waals surface area contributed by atoms with Crippen LogP contribution in [-0.2, 0) is 24.7 Å². The lowest BCUT2D eigenvalue weighted by Gasteiger charge is -2.10. The minimum absolute atomic E-state index is 0.158. The molecule has 0 unspecified atom stereocenters. The van der Waals surface area contributed by atoms with E-state index in [1.807, 2.05) is 36.2 Å². The van der Waals surface area contributed by atoms with Gasteiger partial charge in [-0.15, -0.1) is 0 Å². The van der Waals surface area contributed by atoms with Crippen LogP contribution in [0.3, 0.4) is 0 Å². The van der Waals surface area contributed by atoms with Gasteiger partial charge in [0.2, 0.25) is 5.91 Å². The molecule has 8 heteroatoms. The second kappa shape index (κ2) is 5.94. The van der Waals surface area contributed by atoms with Crippen LogP contribution in [0.15, 0.2) is 12.4 Å². The Bertz CT molecular complexity index is 916. The first-order valence-electron chi connectivity index (χ1n) is 8.53. The van der Waals surface area contributed by atoms with E-state index in [1.54, 1.807) is 11.1 Å². The van der Waals surface area contributed by atoms with E-state index in [0.717, 1.165) is 53.9 Å². The largest absolute Gasteiger partial charge is 0.336 e. The number of nitrogens with zero attached hydrogens (tertiary/aromatic N) is 7. The van der Waals surface area contributed by atoms with Gasteiger partial charge in [-0.05, 0) is 20.3 Å². The zero-order chi connectivity index (χ0) is 17.6. The van der Waals surface area contributed by atoms with E-state index in [1.165, 1.54) is 0 Å². The Balaban J connectivity index is 1.54. The lowest BCUT2D eigenvalue weighted by molar-refractivity contribution is -0.117. The quantitative estimate of drug-likeness (QED) is 0.717. The molecule has 3 aromatic heterocycles. The van der Waals surface area contributed by atoms with Crippen molar-refractivity contribution in [2.45, 2.75) is 39.5 Å². The molecule has 8 nitrogen and oxygen atoms in total. The predicted octanol–water partition coefficient (Wildman–Crippen LogP) is 1.39. The Morgan fingerprint density at radius 2 is 2.04 bits per heavy atom. The van der Waals surface area contributed by atoms with E-state index in [4.69, 9.17) is 0 Å².